The molecule has 25 nitrogen and oxygen atoms in total. The Kier molecular flexibility index (Phi) is 23.3. The van der Waals surface area contributed by atoms with Crippen LogP contribution < -0.4 is 47.2 Å². The zero-order valence-electron chi connectivity index (χ0n) is 64.0. The fraction of sp³-hybridized carbons (Fsp3) is 0.136. The summed E-state index contributed by atoms with van der Waals surface area (Å²) in [5.41, 5.74) is 8.17. The van der Waals surface area contributed by atoms with Crippen LogP contribution in [-0.4, -0.2) is 75.5 Å². The van der Waals surface area contributed by atoms with E-state index in [1.54, 1.807) is 108 Å². The second-order valence-corrected chi connectivity index (χ2v) is 28.4. The number of pyridine rings is 5. The lowest BCUT2D eigenvalue weighted by molar-refractivity contribution is -0.274. The van der Waals surface area contributed by atoms with Gasteiger partial charge in [0.2, 0.25) is 27.1 Å². The van der Waals surface area contributed by atoms with Crippen LogP contribution in [0.3, 0.4) is 0 Å². The predicted molar refractivity (Wildman–Crippen MR) is 445 cm³/mol. The van der Waals surface area contributed by atoms with Crippen molar-refractivity contribution in [1.82, 2.24) is 53.6 Å². The first-order chi connectivity index (χ1) is 56.2. The van der Waals surface area contributed by atoms with Crippen molar-refractivity contribution in [1.29, 1.82) is 0 Å². The molecule has 0 saturated carbocycles. The molecule has 0 fully saturated rings. The Morgan fingerprint density at radius 1 is 0.444 bits per heavy atom. The number of fused-ring (bicyclic) bond motifs is 3. The number of halogens is 3. The van der Waals surface area contributed by atoms with Gasteiger partial charge in [0.05, 0.1) is 77.9 Å². The van der Waals surface area contributed by atoms with Gasteiger partial charge in [0, 0.05) is 76.3 Å². The Bertz CT molecular complexity index is 6790. The van der Waals surface area contributed by atoms with Crippen molar-refractivity contribution in [2.45, 2.75) is 77.8 Å². The minimum absolute atomic E-state index is 0.0365. The molecule has 8 aromatic heterocycles. The third kappa shape index (κ3) is 17.4. The maximum atomic E-state index is 14.3. The van der Waals surface area contributed by atoms with Gasteiger partial charge in [-0.05, 0) is 166 Å². The number of aromatic nitrogens is 11. The third-order valence-electron chi connectivity index (χ3n) is 19.0. The van der Waals surface area contributed by atoms with Gasteiger partial charge in [0.25, 0.3) is 16.7 Å². The van der Waals surface area contributed by atoms with E-state index in [9.17, 15) is 36.0 Å². The molecule has 0 aliphatic heterocycles. The van der Waals surface area contributed by atoms with E-state index in [2.05, 4.69) is 75.1 Å². The minimum atomic E-state index is -4.88. The first kappa shape index (κ1) is 79.9. The van der Waals surface area contributed by atoms with Crippen LogP contribution in [0.4, 0.5) is 47.7 Å². The SMILES string of the molecule is [C-]#[N+]c1cnc(C)nc1N[C@@H](C)c1cc2cccc(-c3cccc(S(N)(=O)=O)c3)c2c(=O)n1-c1ccccc1.[C-]#[N+]c1cnc(C)nc1N[C@@H](C)c1cc2cccc(-c3cnc(C)c(OC)c3)c2c(=O)n1-c1ccccc1.[C-]#[N+]c1cnc(C)nc1N[C@@H](C)c1cc2cccc(-c3cncc(OC(F)(F)F)c3)c2c(=O)n1-c1ccccc1. The highest BCUT2D eigenvalue weighted by Gasteiger charge is 2.32. The monoisotopic (exact) mass is 1580 g/mol. The van der Waals surface area contributed by atoms with Crippen LogP contribution in [-0.2, 0) is 10.0 Å². The molecule has 5 N–H and O–H groups in total. The summed E-state index contributed by atoms with van der Waals surface area (Å²) in [6, 6.07) is 58.0. The Morgan fingerprint density at radius 3 is 1.17 bits per heavy atom. The maximum Gasteiger partial charge on any atom is 0.573 e. The molecule has 0 aliphatic carbocycles. The number of nitrogens with zero attached hydrogens (tertiary/aromatic N) is 14. The zero-order chi connectivity index (χ0) is 83.0. The molecule has 0 aliphatic rings. The molecular weight excluding hydrogens is 1510 g/mol. The normalized spacial score (nSPS) is 12.0. The van der Waals surface area contributed by atoms with Crippen LogP contribution in [0.1, 0.15) is 79.1 Å². The second-order valence-electron chi connectivity index (χ2n) is 26.9. The maximum absolute atomic E-state index is 14.3. The lowest BCUT2D eigenvalue weighted by Gasteiger charge is -2.22. The fourth-order valence-electron chi connectivity index (χ4n) is 13.6. The van der Waals surface area contributed by atoms with Gasteiger partial charge in [-0.3, -0.25) is 53.0 Å². The number of alkyl halides is 3. The molecule has 0 spiro atoms. The van der Waals surface area contributed by atoms with Gasteiger partial charge in [0.1, 0.15) is 46.4 Å². The molecule has 15 rings (SSSR count). The number of primary sulfonamides is 1. The highest BCUT2D eigenvalue weighted by molar-refractivity contribution is 7.89. The van der Waals surface area contributed by atoms with Gasteiger partial charge in [-0.25, -0.2) is 43.0 Å². The molecule has 15 aromatic rings. The van der Waals surface area contributed by atoms with Crippen molar-refractivity contribution in [3.63, 3.8) is 0 Å². The largest absolute Gasteiger partial charge is 0.573 e. The van der Waals surface area contributed by atoms with E-state index < -0.39 is 34.2 Å². The van der Waals surface area contributed by atoms with Gasteiger partial charge in [-0.2, -0.15) is 0 Å². The van der Waals surface area contributed by atoms with Crippen molar-refractivity contribution in [2.24, 2.45) is 5.14 Å². The summed E-state index contributed by atoms with van der Waals surface area (Å²) >= 11 is 0. The van der Waals surface area contributed by atoms with Gasteiger partial charge in [0.15, 0.2) is 0 Å². The van der Waals surface area contributed by atoms with Crippen molar-refractivity contribution in [3.8, 4) is 61.9 Å². The number of anilines is 3. The highest BCUT2D eigenvalue weighted by atomic mass is 32.2. The Hall–Kier alpha value is -15.1. The van der Waals surface area contributed by atoms with Gasteiger partial charge in [-0.15, -0.1) is 13.2 Å². The fourth-order valence-corrected chi connectivity index (χ4v) is 14.2. The summed E-state index contributed by atoms with van der Waals surface area (Å²) in [5.74, 6) is 2.87. The van der Waals surface area contributed by atoms with Crippen LogP contribution in [0.5, 0.6) is 11.5 Å². The van der Waals surface area contributed by atoms with E-state index in [4.69, 9.17) is 29.6 Å². The number of rotatable bonds is 18. The number of methoxy groups -OCH3 is 1. The molecule has 0 bridgehead atoms. The molecule has 0 unspecified atom stereocenters. The van der Waals surface area contributed by atoms with E-state index >= 15 is 0 Å². The van der Waals surface area contributed by atoms with Crippen LogP contribution in [0, 0.1) is 47.4 Å². The number of nitrogens with two attached hydrogens (primary N) is 1. The van der Waals surface area contributed by atoms with Crippen molar-refractivity contribution in [3.05, 3.63) is 343 Å². The number of nitrogens with one attached hydrogen (secondary N) is 3. The van der Waals surface area contributed by atoms with Crippen LogP contribution in [0.25, 0.3) is 97.3 Å². The molecule has 582 valence electrons. The molecule has 117 heavy (non-hydrogen) atoms. The molecule has 0 radical (unpaired) electrons. The van der Waals surface area contributed by atoms with E-state index in [0.29, 0.717) is 118 Å². The van der Waals surface area contributed by atoms with Gasteiger partial charge < -0.3 is 25.4 Å². The Morgan fingerprint density at radius 2 is 0.812 bits per heavy atom. The third-order valence-corrected chi connectivity index (χ3v) is 19.9. The van der Waals surface area contributed by atoms with E-state index in [1.165, 1.54) is 43.0 Å². The van der Waals surface area contributed by atoms with Crippen molar-refractivity contribution < 1.29 is 31.1 Å². The first-order valence-electron chi connectivity index (χ1n) is 36.2. The molecule has 8 heterocycles. The molecule has 29 heteroatoms. The summed E-state index contributed by atoms with van der Waals surface area (Å²) in [5, 5.41) is 18.6. The van der Waals surface area contributed by atoms with Gasteiger partial charge in [-0.1, -0.05) is 121 Å². The average molecular weight is 1580 g/mol. The number of hydrogen-bond donors (Lipinski definition) is 4. The smallest absolute Gasteiger partial charge is 0.495 e. The van der Waals surface area contributed by atoms with Crippen LogP contribution in [0.15, 0.2) is 257 Å². The van der Waals surface area contributed by atoms with Gasteiger partial charge >= 0.3 is 6.36 Å². The topological polar surface area (TPSA) is 297 Å². The first-order valence-corrected chi connectivity index (χ1v) is 37.8. The number of benzene rings is 7. The molecule has 7 aromatic carbocycles. The Labute approximate surface area is 668 Å². The molecular formula is C88H71F3N18O7S. The average Bonchev–Trinajstić information content (AvgIpc) is 0.755. The summed E-state index contributed by atoms with van der Waals surface area (Å²) < 4.78 is 77.0. The summed E-state index contributed by atoms with van der Waals surface area (Å²) in [7, 11) is -2.32. The minimum Gasteiger partial charge on any atom is -0.495 e. The number of ether oxygens (including phenoxy) is 2. The standard InChI is InChI=1S/C30H26N6O2.C29H21F3N6O2.C29H24N6O3S/c1-18(34-29-25(31-4)17-33-20(3)35-29)26-14-21-10-9-13-24(22-15-27(38-5)19(2)32-16-22)28(21)30(37)36(26)23-11-7-6-8-12-23;1-17(36-27-24(33-3)16-35-18(2)37-27)25-13-19-8-7-11-23(20-12-22(15-34-14-20)40-29(30,31)32)26(19)28(39)38(25)21-9-5-4-6-10-21;1-18(33-28-25(31-3)17-32-19(2)34-28)26-16-21-10-8-14-24(20-9-7-13-23(15-20)39(30,37)38)27(21)29(36)35(26)22-11-5-4-6-12-22/h6-18H,1-3,5H3,(H,33,34,35);4-17H,1-2H3,(H,35,36,37);4-18H,1-2H3,(H2,30,37,38)(H,32,33,34)/t18-;17-;18-/m000/s1. The van der Waals surface area contributed by atoms with Crippen molar-refractivity contribution in [2.75, 3.05) is 23.1 Å². The molecule has 0 amide bonds. The molecule has 0 saturated heterocycles. The summed E-state index contributed by atoms with van der Waals surface area (Å²) in [6.07, 6.45) is 3.63. The molecule has 3 atom stereocenters. The van der Waals surface area contributed by atoms with Crippen LogP contribution >= 0.6 is 0 Å². The van der Waals surface area contributed by atoms with E-state index in [0.717, 1.165) is 39.8 Å². The number of aryl methyl sites for hydroxylation is 4. The number of hydrogen-bond acceptors (Lipinski definition) is 18. The zero-order valence-corrected chi connectivity index (χ0v) is 64.8. The predicted octanol–water partition coefficient (Wildman–Crippen LogP) is 18.1. The Balaban J connectivity index is 0.000000152. The second kappa shape index (κ2) is 34.1. The van der Waals surface area contributed by atoms with Crippen LogP contribution in [0.2, 0.25) is 0 Å². The summed E-state index contributed by atoms with van der Waals surface area (Å²) in [4.78, 5) is 87.2. The summed E-state index contributed by atoms with van der Waals surface area (Å²) in [6.45, 7) is 35.3. The lowest BCUT2D eigenvalue weighted by Crippen LogP contribution is -2.26. The highest BCUT2D eigenvalue weighted by Crippen LogP contribution is 2.38. The lowest BCUT2D eigenvalue weighted by atomic mass is 9.98. The van der Waals surface area contributed by atoms with E-state index in [1.807, 2.05) is 149 Å². The van der Waals surface area contributed by atoms with Crippen molar-refractivity contribution >= 4 is 76.9 Å². The quantitative estimate of drug-likeness (QED) is 0.0580. The number of sulfonamides is 1. The van der Waals surface area contributed by atoms with E-state index in [-0.39, 0.29) is 39.0 Å². The number of para-hydroxylation sites is 3.